The molecule has 1 aromatic heterocycles. The molecule has 0 saturated carbocycles. The number of benzene rings is 1. The molecule has 0 saturated heterocycles. The second-order valence-electron chi connectivity index (χ2n) is 4.82. The molecule has 0 spiro atoms. The van der Waals surface area contributed by atoms with Gasteiger partial charge in [-0.05, 0) is 32.4 Å². The van der Waals surface area contributed by atoms with E-state index in [1.54, 1.807) is 0 Å². The van der Waals surface area contributed by atoms with Crippen molar-refractivity contribution < 1.29 is 9.53 Å². The number of ether oxygens (including phenoxy) is 1. The number of hydrogen-bond donors (Lipinski definition) is 2. The largest absolute Gasteiger partial charge is 0.494 e. The summed E-state index contributed by atoms with van der Waals surface area (Å²) in [5.74, 6) is 1.21. The van der Waals surface area contributed by atoms with Crippen LogP contribution in [0.1, 0.15) is 27.2 Å². The van der Waals surface area contributed by atoms with Gasteiger partial charge in [0.2, 0.25) is 5.91 Å². The average Bonchev–Trinajstić information content (AvgIpc) is 2.87. The van der Waals surface area contributed by atoms with E-state index in [4.69, 9.17) is 4.74 Å². The second-order valence-corrected chi connectivity index (χ2v) is 5.78. The molecule has 2 N–H and O–H groups in total. The number of nitrogens with zero attached hydrogens (tertiary/aromatic N) is 1. The van der Waals surface area contributed by atoms with Crippen molar-refractivity contribution >= 4 is 28.7 Å². The van der Waals surface area contributed by atoms with Crippen LogP contribution < -0.4 is 10.1 Å². The molecule has 0 fully saturated rings. The van der Waals surface area contributed by atoms with Crippen molar-refractivity contribution in [3.05, 3.63) is 18.2 Å². The van der Waals surface area contributed by atoms with Gasteiger partial charge in [-0.15, -0.1) is 0 Å². The van der Waals surface area contributed by atoms with Gasteiger partial charge in [0.25, 0.3) is 0 Å². The summed E-state index contributed by atoms with van der Waals surface area (Å²) in [5.41, 5.74) is 1.80. The Hall–Kier alpha value is -1.69. The van der Waals surface area contributed by atoms with Crippen LogP contribution >= 0.6 is 11.8 Å². The standard InChI is InChI=1S/C15H21N3O2S/c1-4-10(3)16-14(19)9-21-15-17-12-7-6-11(20-5-2)8-13(12)18-15/h6-8,10H,4-5,9H2,1-3H3,(H,16,19)(H,17,18). The number of carbonyl (C=O) groups excluding carboxylic acids is 1. The predicted molar refractivity (Wildman–Crippen MR) is 85.9 cm³/mol. The van der Waals surface area contributed by atoms with Crippen molar-refractivity contribution in [1.82, 2.24) is 15.3 Å². The van der Waals surface area contributed by atoms with Crippen molar-refractivity contribution in [3.63, 3.8) is 0 Å². The van der Waals surface area contributed by atoms with Gasteiger partial charge in [0.1, 0.15) is 5.75 Å². The van der Waals surface area contributed by atoms with Crippen LogP contribution in [0.4, 0.5) is 0 Å². The number of nitrogens with one attached hydrogen (secondary N) is 2. The van der Waals surface area contributed by atoms with E-state index < -0.39 is 0 Å². The minimum atomic E-state index is 0.0322. The summed E-state index contributed by atoms with van der Waals surface area (Å²) in [7, 11) is 0. The van der Waals surface area contributed by atoms with E-state index in [0.29, 0.717) is 12.4 Å². The third-order valence-corrected chi connectivity index (χ3v) is 3.98. The summed E-state index contributed by atoms with van der Waals surface area (Å²) in [6, 6.07) is 5.95. The zero-order valence-electron chi connectivity index (χ0n) is 12.6. The predicted octanol–water partition coefficient (Wildman–Crippen LogP) is 2.97. The van der Waals surface area contributed by atoms with E-state index in [1.165, 1.54) is 11.8 Å². The van der Waals surface area contributed by atoms with Gasteiger partial charge in [-0.2, -0.15) is 0 Å². The second kappa shape index (κ2) is 7.36. The van der Waals surface area contributed by atoms with E-state index in [9.17, 15) is 4.79 Å². The summed E-state index contributed by atoms with van der Waals surface area (Å²) in [5, 5.41) is 3.69. The van der Waals surface area contributed by atoms with Crippen LogP contribution in [0.25, 0.3) is 11.0 Å². The highest BCUT2D eigenvalue weighted by atomic mass is 32.2. The molecule has 21 heavy (non-hydrogen) atoms. The van der Waals surface area contributed by atoms with Crippen molar-refractivity contribution in [2.45, 2.75) is 38.4 Å². The third kappa shape index (κ3) is 4.39. The molecule has 0 aliphatic heterocycles. The fraction of sp³-hybridized carbons (Fsp3) is 0.467. The number of amides is 1. The minimum absolute atomic E-state index is 0.0322. The molecule has 0 bridgehead atoms. The number of fused-ring (bicyclic) bond motifs is 1. The Kier molecular flexibility index (Phi) is 5.50. The number of carbonyl (C=O) groups is 1. The molecule has 5 nitrogen and oxygen atoms in total. The van der Waals surface area contributed by atoms with Gasteiger partial charge < -0.3 is 15.0 Å². The van der Waals surface area contributed by atoms with E-state index in [2.05, 4.69) is 15.3 Å². The molecule has 1 unspecified atom stereocenters. The van der Waals surface area contributed by atoms with E-state index in [1.807, 2.05) is 39.0 Å². The first kappa shape index (κ1) is 15.7. The van der Waals surface area contributed by atoms with Gasteiger partial charge >= 0.3 is 0 Å². The van der Waals surface area contributed by atoms with Gasteiger partial charge in [0, 0.05) is 12.1 Å². The van der Waals surface area contributed by atoms with Gasteiger partial charge in [0.05, 0.1) is 23.4 Å². The van der Waals surface area contributed by atoms with Gasteiger partial charge in [-0.25, -0.2) is 4.98 Å². The Bertz CT molecular complexity index is 612. The summed E-state index contributed by atoms with van der Waals surface area (Å²) in [6.07, 6.45) is 0.932. The molecule has 2 rings (SSSR count). The van der Waals surface area contributed by atoms with Gasteiger partial charge in [-0.1, -0.05) is 18.7 Å². The Morgan fingerprint density at radius 2 is 2.29 bits per heavy atom. The Morgan fingerprint density at radius 3 is 3.00 bits per heavy atom. The molecule has 0 radical (unpaired) electrons. The summed E-state index contributed by atoms with van der Waals surface area (Å²) in [4.78, 5) is 19.4. The highest BCUT2D eigenvalue weighted by molar-refractivity contribution is 7.99. The highest BCUT2D eigenvalue weighted by Crippen LogP contribution is 2.23. The minimum Gasteiger partial charge on any atom is -0.494 e. The summed E-state index contributed by atoms with van der Waals surface area (Å²) >= 11 is 1.41. The fourth-order valence-electron chi connectivity index (χ4n) is 1.84. The zero-order chi connectivity index (χ0) is 15.2. The first-order valence-corrected chi connectivity index (χ1v) is 8.15. The normalized spacial score (nSPS) is 12.3. The molecule has 6 heteroatoms. The van der Waals surface area contributed by atoms with Crippen molar-refractivity contribution in [3.8, 4) is 5.75 Å². The lowest BCUT2D eigenvalue weighted by molar-refractivity contribution is -0.119. The van der Waals surface area contributed by atoms with Crippen LogP contribution in [-0.2, 0) is 4.79 Å². The van der Waals surface area contributed by atoms with Gasteiger partial charge in [-0.3, -0.25) is 4.79 Å². The smallest absolute Gasteiger partial charge is 0.230 e. The van der Waals surface area contributed by atoms with Crippen molar-refractivity contribution in [2.75, 3.05) is 12.4 Å². The van der Waals surface area contributed by atoms with Crippen LogP contribution in [0, 0.1) is 0 Å². The molecular formula is C15H21N3O2S. The number of aromatic nitrogens is 2. The molecule has 2 aromatic rings. The number of imidazole rings is 1. The molecule has 1 heterocycles. The quantitative estimate of drug-likeness (QED) is 0.772. The van der Waals surface area contributed by atoms with Crippen molar-refractivity contribution in [1.29, 1.82) is 0 Å². The van der Waals surface area contributed by atoms with E-state index in [0.717, 1.165) is 28.4 Å². The molecule has 1 aromatic carbocycles. The Balaban J connectivity index is 1.97. The number of rotatable bonds is 7. The molecule has 0 aliphatic rings. The van der Waals surface area contributed by atoms with Crippen LogP contribution in [0.15, 0.2) is 23.4 Å². The van der Waals surface area contributed by atoms with Crippen LogP contribution in [0.2, 0.25) is 0 Å². The topological polar surface area (TPSA) is 67.0 Å². The number of thioether (sulfide) groups is 1. The number of aromatic amines is 1. The SMILES string of the molecule is CCOc1ccc2nc(SCC(=O)NC(C)CC)[nH]c2c1. The molecule has 114 valence electrons. The maximum atomic E-state index is 11.7. The lowest BCUT2D eigenvalue weighted by atomic mass is 10.3. The average molecular weight is 307 g/mol. The first-order valence-electron chi connectivity index (χ1n) is 7.17. The highest BCUT2D eigenvalue weighted by Gasteiger charge is 2.09. The summed E-state index contributed by atoms with van der Waals surface area (Å²) in [6.45, 7) is 6.64. The van der Waals surface area contributed by atoms with Crippen LogP contribution in [0.3, 0.4) is 0 Å². The van der Waals surface area contributed by atoms with Crippen LogP contribution in [0.5, 0.6) is 5.75 Å². The lowest BCUT2D eigenvalue weighted by Crippen LogP contribution is -2.33. The molecular weight excluding hydrogens is 286 g/mol. The summed E-state index contributed by atoms with van der Waals surface area (Å²) < 4.78 is 5.46. The maximum absolute atomic E-state index is 11.7. The fourth-order valence-corrected chi connectivity index (χ4v) is 2.54. The molecule has 1 atom stereocenters. The molecule has 0 aliphatic carbocycles. The monoisotopic (exact) mass is 307 g/mol. The Morgan fingerprint density at radius 1 is 1.48 bits per heavy atom. The van der Waals surface area contributed by atoms with Gasteiger partial charge in [0.15, 0.2) is 5.16 Å². The maximum Gasteiger partial charge on any atom is 0.230 e. The third-order valence-electron chi connectivity index (χ3n) is 3.10. The van der Waals surface area contributed by atoms with E-state index in [-0.39, 0.29) is 11.9 Å². The Labute approximate surface area is 128 Å². The first-order chi connectivity index (χ1) is 10.1. The zero-order valence-corrected chi connectivity index (χ0v) is 13.4. The number of hydrogen-bond acceptors (Lipinski definition) is 4. The van der Waals surface area contributed by atoms with E-state index >= 15 is 0 Å². The lowest BCUT2D eigenvalue weighted by Gasteiger charge is -2.10. The van der Waals surface area contributed by atoms with Crippen LogP contribution in [-0.4, -0.2) is 34.3 Å². The molecule has 1 amide bonds. The van der Waals surface area contributed by atoms with Crippen molar-refractivity contribution in [2.24, 2.45) is 0 Å². The number of H-pyrrole nitrogens is 1.